The van der Waals surface area contributed by atoms with Crippen LogP contribution in [-0.2, 0) is 4.74 Å². The van der Waals surface area contributed by atoms with E-state index in [1.54, 1.807) is 7.11 Å². The zero-order valence-corrected chi connectivity index (χ0v) is 8.79. The topological polar surface area (TPSA) is 12.5 Å². The molecule has 0 bridgehead atoms. The Kier molecular flexibility index (Phi) is 3.18. The Labute approximate surface area is 80.2 Å². The number of rotatable bonds is 2. The van der Waals surface area contributed by atoms with Gasteiger partial charge in [-0.3, -0.25) is 0 Å². The smallest absolute Gasteiger partial charge is 0.123 e. The normalized spacial score (nSPS) is 16.8. The molecule has 1 aliphatic rings. The molecule has 0 radical (unpaired) electrons. The van der Waals surface area contributed by atoms with E-state index in [1.807, 2.05) is 14.1 Å². The third-order valence-electron chi connectivity index (χ3n) is 2.18. The molecule has 0 fully saturated rings. The highest BCUT2D eigenvalue weighted by molar-refractivity contribution is 5.33. The Bertz CT molecular complexity index is 272. The SMILES string of the molecule is COC1=C(C)C=CCC(N(C)C)=C1. The summed E-state index contributed by atoms with van der Waals surface area (Å²) in [5.74, 6) is 0.956. The second-order valence-electron chi connectivity index (χ2n) is 3.39. The van der Waals surface area contributed by atoms with Gasteiger partial charge in [-0.2, -0.15) is 0 Å². The van der Waals surface area contributed by atoms with Gasteiger partial charge in [0.15, 0.2) is 0 Å². The summed E-state index contributed by atoms with van der Waals surface area (Å²) in [5, 5.41) is 0. The predicted octanol–water partition coefficient (Wildman–Crippen LogP) is 2.31. The second kappa shape index (κ2) is 4.17. The molecule has 1 rings (SSSR count). The monoisotopic (exact) mass is 179 g/mol. The van der Waals surface area contributed by atoms with Crippen LogP contribution in [0.4, 0.5) is 0 Å². The number of hydrogen-bond acceptors (Lipinski definition) is 2. The molecule has 0 aromatic heterocycles. The third kappa shape index (κ3) is 2.38. The van der Waals surface area contributed by atoms with Crippen LogP contribution in [0.25, 0.3) is 0 Å². The van der Waals surface area contributed by atoms with E-state index < -0.39 is 0 Å². The molecule has 1 aliphatic carbocycles. The number of methoxy groups -OCH3 is 1. The summed E-state index contributed by atoms with van der Waals surface area (Å²) >= 11 is 0. The summed E-state index contributed by atoms with van der Waals surface area (Å²) < 4.78 is 5.29. The van der Waals surface area contributed by atoms with Gasteiger partial charge in [0, 0.05) is 26.2 Å². The molecular formula is C11H17NO. The van der Waals surface area contributed by atoms with Crippen molar-refractivity contribution in [2.24, 2.45) is 0 Å². The Morgan fingerprint density at radius 1 is 1.38 bits per heavy atom. The van der Waals surface area contributed by atoms with Crippen molar-refractivity contribution >= 4 is 0 Å². The first-order valence-electron chi connectivity index (χ1n) is 4.44. The average Bonchev–Trinajstić information content (AvgIpc) is 2.27. The summed E-state index contributed by atoms with van der Waals surface area (Å²) in [6.45, 7) is 2.06. The van der Waals surface area contributed by atoms with Gasteiger partial charge < -0.3 is 9.64 Å². The highest BCUT2D eigenvalue weighted by atomic mass is 16.5. The molecule has 0 saturated heterocycles. The summed E-state index contributed by atoms with van der Waals surface area (Å²) in [7, 11) is 5.81. The second-order valence-corrected chi connectivity index (χ2v) is 3.39. The molecular weight excluding hydrogens is 162 g/mol. The number of nitrogens with zero attached hydrogens (tertiary/aromatic N) is 1. The maximum absolute atomic E-state index is 5.29. The van der Waals surface area contributed by atoms with Crippen LogP contribution >= 0.6 is 0 Å². The molecule has 0 aromatic rings. The molecule has 0 atom stereocenters. The standard InChI is InChI=1S/C11H17NO/c1-9-6-5-7-10(12(2)3)8-11(9)13-4/h5-6,8H,7H2,1-4H3. The van der Waals surface area contributed by atoms with Crippen LogP contribution in [-0.4, -0.2) is 26.1 Å². The van der Waals surface area contributed by atoms with E-state index in [0.717, 1.165) is 12.2 Å². The van der Waals surface area contributed by atoms with Crippen molar-refractivity contribution in [3.63, 3.8) is 0 Å². The first-order valence-corrected chi connectivity index (χ1v) is 4.44. The van der Waals surface area contributed by atoms with Gasteiger partial charge in [-0.25, -0.2) is 0 Å². The fraction of sp³-hybridized carbons (Fsp3) is 0.455. The molecule has 13 heavy (non-hydrogen) atoms. The van der Waals surface area contributed by atoms with Crippen molar-refractivity contribution in [3.8, 4) is 0 Å². The van der Waals surface area contributed by atoms with Crippen LogP contribution in [0.15, 0.2) is 35.3 Å². The maximum Gasteiger partial charge on any atom is 0.123 e. The van der Waals surface area contributed by atoms with E-state index in [2.05, 4.69) is 30.1 Å². The lowest BCUT2D eigenvalue weighted by molar-refractivity contribution is 0.301. The van der Waals surface area contributed by atoms with Gasteiger partial charge in [-0.05, 0) is 18.6 Å². The highest BCUT2D eigenvalue weighted by Gasteiger charge is 2.05. The van der Waals surface area contributed by atoms with Crippen molar-refractivity contribution in [2.75, 3.05) is 21.2 Å². The van der Waals surface area contributed by atoms with E-state index in [9.17, 15) is 0 Å². The fourth-order valence-corrected chi connectivity index (χ4v) is 1.29. The summed E-state index contributed by atoms with van der Waals surface area (Å²) in [6, 6.07) is 0. The van der Waals surface area contributed by atoms with Gasteiger partial charge >= 0.3 is 0 Å². The van der Waals surface area contributed by atoms with Gasteiger partial charge in [0.2, 0.25) is 0 Å². The Morgan fingerprint density at radius 3 is 2.62 bits per heavy atom. The van der Waals surface area contributed by atoms with Crippen LogP contribution in [0.2, 0.25) is 0 Å². The molecule has 2 nitrogen and oxygen atoms in total. The molecule has 0 aromatic carbocycles. The van der Waals surface area contributed by atoms with Crippen LogP contribution in [0.3, 0.4) is 0 Å². The summed E-state index contributed by atoms with van der Waals surface area (Å²) in [5.41, 5.74) is 2.45. The molecule has 0 spiro atoms. The number of ether oxygens (including phenoxy) is 1. The molecule has 0 saturated carbocycles. The molecule has 0 unspecified atom stereocenters. The summed E-state index contributed by atoms with van der Waals surface area (Å²) in [4.78, 5) is 2.11. The van der Waals surface area contributed by atoms with Crippen molar-refractivity contribution in [2.45, 2.75) is 13.3 Å². The van der Waals surface area contributed by atoms with E-state index in [1.165, 1.54) is 11.3 Å². The lowest BCUT2D eigenvalue weighted by atomic mass is 10.2. The zero-order chi connectivity index (χ0) is 9.84. The fourth-order valence-electron chi connectivity index (χ4n) is 1.29. The lowest BCUT2D eigenvalue weighted by Gasteiger charge is -2.15. The van der Waals surface area contributed by atoms with Crippen LogP contribution in [0.1, 0.15) is 13.3 Å². The summed E-state index contributed by atoms with van der Waals surface area (Å²) in [6.07, 6.45) is 7.32. The van der Waals surface area contributed by atoms with Gasteiger partial charge in [0.1, 0.15) is 5.76 Å². The Balaban J connectivity index is 2.99. The van der Waals surface area contributed by atoms with Crippen molar-refractivity contribution < 1.29 is 4.74 Å². The zero-order valence-electron chi connectivity index (χ0n) is 8.79. The highest BCUT2D eigenvalue weighted by Crippen LogP contribution is 2.18. The number of hydrogen-bond donors (Lipinski definition) is 0. The van der Waals surface area contributed by atoms with Gasteiger partial charge in [-0.15, -0.1) is 0 Å². The third-order valence-corrected chi connectivity index (χ3v) is 2.18. The first-order chi connectivity index (χ1) is 6.15. The Morgan fingerprint density at radius 2 is 2.08 bits per heavy atom. The van der Waals surface area contributed by atoms with Gasteiger partial charge in [0.25, 0.3) is 0 Å². The van der Waals surface area contributed by atoms with Crippen molar-refractivity contribution in [1.82, 2.24) is 4.90 Å². The van der Waals surface area contributed by atoms with E-state index >= 15 is 0 Å². The Hall–Kier alpha value is -1.18. The maximum atomic E-state index is 5.29. The minimum Gasteiger partial charge on any atom is -0.496 e. The molecule has 0 heterocycles. The largest absolute Gasteiger partial charge is 0.496 e. The quantitative estimate of drug-likeness (QED) is 0.645. The first kappa shape index (κ1) is 9.90. The van der Waals surface area contributed by atoms with E-state index in [4.69, 9.17) is 4.74 Å². The van der Waals surface area contributed by atoms with E-state index in [-0.39, 0.29) is 0 Å². The van der Waals surface area contributed by atoms with Crippen molar-refractivity contribution in [3.05, 3.63) is 35.3 Å². The molecule has 0 N–H and O–H groups in total. The van der Waals surface area contributed by atoms with Crippen LogP contribution in [0.5, 0.6) is 0 Å². The molecule has 72 valence electrons. The molecule has 0 aliphatic heterocycles. The number of allylic oxidation sites excluding steroid dienone is 4. The predicted molar refractivity (Wildman–Crippen MR) is 55.2 cm³/mol. The minimum absolute atomic E-state index is 0.956. The van der Waals surface area contributed by atoms with Gasteiger partial charge in [-0.1, -0.05) is 12.2 Å². The van der Waals surface area contributed by atoms with Crippen molar-refractivity contribution in [1.29, 1.82) is 0 Å². The average molecular weight is 179 g/mol. The van der Waals surface area contributed by atoms with Crippen LogP contribution in [0, 0.1) is 0 Å². The van der Waals surface area contributed by atoms with Crippen LogP contribution < -0.4 is 0 Å². The molecule has 0 amide bonds. The van der Waals surface area contributed by atoms with Gasteiger partial charge in [0.05, 0.1) is 7.11 Å². The van der Waals surface area contributed by atoms with E-state index in [0.29, 0.717) is 0 Å². The minimum atomic E-state index is 0.956. The molecule has 2 heteroatoms. The lowest BCUT2D eigenvalue weighted by Crippen LogP contribution is -2.10.